The fourth-order valence-corrected chi connectivity index (χ4v) is 4.15. The Morgan fingerprint density at radius 1 is 1.25 bits per heavy atom. The van der Waals surface area contributed by atoms with Gasteiger partial charge in [-0.25, -0.2) is 8.42 Å². The van der Waals surface area contributed by atoms with E-state index >= 15 is 0 Å². The Kier molecular flexibility index (Phi) is 4.87. The minimum Gasteiger partial charge on any atom is -0.399 e. The van der Waals surface area contributed by atoms with Crippen molar-refractivity contribution in [2.45, 2.75) is 4.90 Å². The summed E-state index contributed by atoms with van der Waals surface area (Å²) >= 11 is 5.98. The first-order valence-corrected chi connectivity index (χ1v) is 8.15. The molecule has 1 aliphatic heterocycles. The zero-order valence-electron chi connectivity index (χ0n) is 11.0. The van der Waals surface area contributed by atoms with Crippen molar-refractivity contribution in [2.75, 3.05) is 45.1 Å². The number of halogens is 1. The average molecular weight is 320 g/mol. The lowest BCUT2D eigenvalue weighted by molar-refractivity contribution is 0.151. The predicted octanol–water partition coefficient (Wildman–Crippen LogP) is 0.221. The number of nitrogen functional groups attached to an aromatic ring is 1. The van der Waals surface area contributed by atoms with Gasteiger partial charge in [0, 0.05) is 38.4 Å². The van der Waals surface area contributed by atoms with Crippen molar-refractivity contribution in [3.8, 4) is 0 Å². The van der Waals surface area contributed by atoms with Gasteiger partial charge in [-0.3, -0.25) is 4.90 Å². The Labute approximate surface area is 123 Å². The first-order valence-electron chi connectivity index (χ1n) is 6.33. The summed E-state index contributed by atoms with van der Waals surface area (Å²) < 4.78 is 26.4. The molecule has 1 aromatic carbocycles. The molecular formula is C12H18ClN3O3S. The van der Waals surface area contributed by atoms with Crippen molar-refractivity contribution in [1.29, 1.82) is 0 Å². The summed E-state index contributed by atoms with van der Waals surface area (Å²) in [6.07, 6.45) is 0. The van der Waals surface area contributed by atoms with Gasteiger partial charge in [-0.1, -0.05) is 11.6 Å². The number of β-amino-alcohol motifs (C(OH)–C–C–N with tert-alkyl or cyclic N) is 1. The maximum absolute atomic E-state index is 12.5. The van der Waals surface area contributed by atoms with Crippen molar-refractivity contribution >= 4 is 27.3 Å². The molecule has 0 radical (unpaired) electrons. The van der Waals surface area contributed by atoms with Crippen LogP contribution in [0.4, 0.5) is 5.69 Å². The SMILES string of the molecule is Nc1ccc(S(=O)(=O)N2CCN(CCO)CC2)c(Cl)c1. The normalized spacial score (nSPS) is 18.3. The summed E-state index contributed by atoms with van der Waals surface area (Å²) in [4.78, 5) is 2.11. The highest BCUT2D eigenvalue weighted by atomic mass is 35.5. The van der Waals surface area contributed by atoms with Crippen LogP contribution >= 0.6 is 11.6 Å². The third kappa shape index (κ3) is 3.24. The van der Waals surface area contributed by atoms with Crippen LogP contribution in [0.15, 0.2) is 23.1 Å². The van der Waals surface area contributed by atoms with E-state index in [9.17, 15) is 8.42 Å². The van der Waals surface area contributed by atoms with Crippen molar-refractivity contribution in [3.63, 3.8) is 0 Å². The molecule has 1 heterocycles. The van der Waals surface area contributed by atoms with Crippen LogP contribution in [0.3, 0.4) is 0 Å². The minimum absolute atomic E-state index is 0.0799. The molecule has 1 fully saturated rings. The molecule has 20 heavy (non-hydrogen) atoms. The van der Waals surface area contributed by atoms with Gasteiger partial charge in [0.2, 0.25) is 10.0 Å². The third-order valence-corrected chi connectivity index (χ3v) is 5.70. The molecule has 0 bridgehead atoms. The predicted molar refractivity (Wildman–Crippen MR) is 78.1 cm³/mol. The second-order valence-electron chi connectivity index (χ2n) is 4.66. The monoisotopic (exact) mass is 319 g/mol. The Morgan fingerprint density at radius 2 is 1.90 bits per heavy atom. The largest absolute Gasteiger partial charge is 0.399 e. The van der Waals surface area contributed by atoms with Crippen LogP contribution in [0.25, 0.3) is 0 Å². The molecule has 2 rings (SSSR count). The topological polar surface area (TPSA) is 86.9 Å². The van der Waals surface area contributed by atoms with Crippen molar-refractivity contribution in [1.82, 2.24) is 9.21 Å². The lowest BCUT2D eigenvalue weighted by atomic mass is 10.3. The van der Waals surface area contributed by atoms with Crippen LogP contribution in [-0.2, 0) is 10.0 Å². The molecule has 0 aliphatic carbocycles. The number of aliphatic hydroxyl groups is 1. The Morgan fingerprint density at radius 3 is 2.45 bits per heavy atom. The second-order valence-corrected chi connectivity index (χ2v) is 6.97. The van der Waals surface area contributed by atoms with E-state index in [1.165, 1.54) is 22.5 Å². The van der Waals surface area contributed by atoms with E-state index in [0.29, 0.717) is 38.4 Å². The molecule has 8 heteroatoms. The lowest BCUT2D eigenvalue weighted by Gasteiger charge is -2.33. The molecule has 0 atom stereocenters. The molecule has 0 unspecified atom stereocenters. The van der Waals surface area contributed by atoms with E-state index in [2.05, 4.69) is 0 Å². The van der Waals surface area contributed by atoms with Crippen LogP contribution in [0.2, 0.25) is 5.02 Å². The first-order chi connectivity index (χ1) is 9.45. The van der Waals surface area contributed by atoms with Crippen LogP contribution in [-0.4, -0.2) is 62.1 Å². The zero-order valence-corrected chi connectivity index (χ0v) is 12.6. The quantitative estimate of drug-likeness (QED) is 0.775. The molecular weight excluding hydrogens is 302 g/mol. The van der Waals surface area contributed by atoms with Gasteiger partial charge in [0.15, 0.2) is 0 Å². The number of nitrogens with zero attached hydrogens (tertiary/aromatic N) is 2. The van der Waals surface area contributed by atoms with E-state index < -0.39 is 10.0 Å². The van der Waals surface area contributed by atoms with E-state index in [1.54, 1.807) is 0 Å². The van der Waals surface area contributed by atoms with Crippen molar-refractivity contribution in [2.24, 2.45) is 0 Å². The van der Waals surface area contributed by atoms with Gasteiger partial charge in [0.05, 0.1) is 11.6 Å². The molecule has 0 spiro atoms. The van der Waals surface area contributed by atoms with E-state index in [-0.39, 0.29) is 16.5 Å². The molecule has 112 valence electrons. The average Bonchev–Trinajstić information content (AvgIpc) is 2.39. The number of hydrogen-bond acceptors (Lipinski definition) is 5. The van der Waals surface area contributed by atoms with E-state index in [4.69, 9.17) is 22.4 Å². The number of sulfonamides is 1. The van der Waals surface area contributed by atoms with Gasteiger partial charge in [-0.05, 0) is 18.2 Å². The molecule has 1 aromatic rings. The molecule has 1 saturated heterocycles. The minimum atomic E-state index is -3.59. The van der Waals surface area contributed by atoms with E-state index in [1.807, 2.05) is 4.90 Å². The number of anilines is 1. The first kappa shape index (κ1) is 15.5. The molecule has 0 saturated carbocycles. The summed E-state index contributed by atoms with van der Waals surface area (Å²) in [6.45, 7) is 2.64. The molecule has 0 amide bonds. The van der Waals surface area contributed by atoms with Crippen molar-refractivity contribution < 1.29 is 13.5 Å². The highest BCUT2D eigenvalue weighted by molar-refractivity contribution is 7.89. The van der Waals surface area contributed by atoms with Crippen LogP contribution in [0, 0.1) is 0 Å². The van der Waals surface area contributed by atoms with Gasteiger partial charge in [0.25, 0.3) is 0 Å². The lowest BCUT2D eigenvalue weighted by Crippen LogP contribution is -2.49. The number of aliphatic hydroxyl groups excluding tert-OH is 1. The van der Waals surface area contributed by atoms with Crippen LogP contribution in [0.5, 0.6) is 0 Å². The summed E-state index contributed by atoms with van der Waals surface area (Å²) in [6, 6.07) is 4.41. The van der Waals surface area contributed by atoms with Gasteiger partial charge in [-0.15, -0.1) is 0 Å². The Bertz CT molecular complexity index is 571. The number of piperazine rings is 1. The molecule has 1 aliphatic rings. The van der Waals surface area contributed by atoms with Crippen LogP contribution in [0.1, 0.15) is 0 Å². The van der Waals surface area contributed by atoms with Gasteiger partial charge in [0.1, 0.15) is 4.90 Å². The van der Waals surface area contributed by atoms with Crippen LogP contribution < -0.4 is 5.73 Å². The van der Waals surface area contributed by atoms with Gasteiger partial charge >= 0.3 is 0 Å². The summed E-state index contributed by atoms with van der Waals surface area (Å²) in [5.41, 5.74) is 6.01. The second kappa shape index (κ2) is 6.28. The molecule has 0 aromatic heterocycles. The molecule has 6 nitrogen and oxygen atoms in total. The summed E-state index contributed by atoms with van der Waals surface area (Å²) in [7, 11) is -3.59. The Hall–Kier alpha value is -0.860. The maximum atomic E-state index is 12.5. The fraction of sp³-hybridized carbons (Fsp3) is 0.500. The highest BCUT2D eigenvalue weighted by Crippen LogP contribution is 2.27. The highest BCUT2D eigenvalue weighted by Gasteiger charge is 2.29. The summed E-state index contributed by atoms with van der Waals surface area (Å²) in [5, 5.41) is 9.02. The van der Waals surface area contributed by atoms with Gasteiger partial charge < -0.3 is 10.8 Å². The number of benzene rings is 1. The number of rotatable bonds is 4. The zero-order chi connectivity index (χ0) is 14.8. The fourth-order valence-electron chi connectivity index (χ4n) is 2.20. The summed E-state index contributed by atoms with van der Waals surface area (Å²) in [5.74, 6) is 0. The number of nitrogens with two attached hydrogens (primary N) is 1. The standard InChI is InChI=1S/C12H18ClN3O3S/c13-11-9-10(14)1-2-12(11)20(18,19)16-5-3-15(4-6-16)7-8-17/h1-2,9,17H,3-8,14H2. The van der Waals surface area contributed by atoms with Crippen molar-refractivity contribution in [3.05, 3.63) is 23.2 Å². The van der Waals surface area contributed by atoms with E-state index in [0.717, 1.165) is 0 Å². The molecule has 3 N–H and O–H groups in total. The maximum Gasteiger partial charge on any atom is 0.244 e. The third-order valence-electron chi connectivity index (χ3n) is 3.32. The smallest absolute Gasteiger partial charge is 0.244 e. The number of hydrogen-bond donors (Lipinski definition) is 2. The Balaban J connectivity index is 2.15. The van der Waals surface area contributed by atoms with Gasteiger partial charge in [-0.2, -0.15) is 4.31 Å².